The van der Waals surface area contributed by atoms with E-state index in [0.29, 0.717) is 31.2 Å². The number of amides is 2. The summed E-state index contributed by atoms with van der Waals surface area (Å²) in [7, 11) is 1.92. The van der Waals surface area contributed by atoms with Gasteiger partial charge in [0.15, 0.2) is 0 Å². The van der Waals surface area contributed by atoms with E-state index < -0.39 is 0 Å². The molecule has 2 aliphatic rings. The highest BCUT2D eigenvalue weighted by Crippen LogP contribution is 2.36. The third kappa shape index (κ3) is 3.78. The molecular formula is C23H32N4O2. The lowest BCUT2D eigenvalue weighted by Crippen LogP contribution is -2.42. The second-order valence-corrected chi connectivity index (χ2v) is 8.56. The summed E-state index contributed by atoms with van der Waals surface area (Å²) in [4.78, 5) is 30.0. The van der Waals surface area contributed by atoms with Crippen LogP contribution in [0.3, 0.4) is 0 Å². The first kappa shape index (κ1) is 20.0. The van der Waals surface area contributed by atoms with E-state index in [1.807, 2.05) is 29.5 Å². The zero-order valence-electron chi connectivity index (χ0n) is 17.8. The molecule has 1 atom stereocenters. The number of piperidine rings is 1. The summed E-state index contributed by atoms with van der Waals surface area (Å²) in [5.41, 5.74) is 3.48. The zero-order valence-corrected chi connectivity index (χ0v) is 17.8. The minimum Gasteiger partial charge on any atom is -0.349 e. The Labute approximate surface area is 172 Å². The van der Waals surface area contributed by atoms with Crippen LogP contribution in [0.2, 0.25) is 0 Å². The number of nitrogens with one attached hydrogen (secondary N) is 1. The minimum absolute atomic E-state index is 0.0966. The van der Waals surface area contributed by atoms with Gasteiger partial charge in [0.05, 0.1) is 11.2 Å². The number of benzene rings is 1. The molecule has 2 aromatic rings. The summed E-state index contributed by atoms with van der Waals surface area (Å²) >= 11 is 0. The molecule has 0 radical (unpaired) electrons. The van der Waals surface area contributed by atoms with Gasteiger partial charge in [0.2, 0.25) is 5.91 Å². The van der Waals surface area contributed by atoms with Crippen molar-refractivity contribution in [2.24, 2.45) is 7.05 Å². The molecule has 6 heteroatoms. The van der Waals surface area contributed by atoms with Crippen LogP contribution in [0.25, 0.3) is 10.9 Å². The molecule has 1 aromatic carbocycles. The summed E-state index contributed by atoms with van der Waals surface area (Å²) < 4.78 is 1.94. The first-order chi connectivity index (χ1) is 14.0. The lowest BCUT2D eigenvalue weighted by atomic mass is 10.0. The minimum atomic E-state index is -0.0966. The van der Waals surface area contributed by atoms with Gasteiger partial charge in [0, 0.05) is 44.5 Å². The van der Waals surface area contributed by atoms with E-state index in [1.54, 1.807) is 0 Å². The fourth-order valence-corrected chi connectivity index (χ4v) is 4.84. The van der Waals surface area contributed by atoms with Crippen LogP contribution in [0.4, 0.5) is 5.69 Å². The van der Waals surface area contributed by atoms with Crippen LogP contribution in [-0.2, 0) is 11.8 Å². The van der Waals surface area contributed by atoms with Crippen molar-refractivity contribution < 1.29 is 9.59 Å². The molecule has 2 aliphatic heterocycles. The van der Waals surface area contributed by atoms with E-state index in [2.05, 4.69) is 29.3 Å². The Morgan fingerprint density at radius 2 is 2.03 bits per heavy atom. The van der Waals surface area contributed by atoms with Gasteiger partial charge in [-0.25, -0.2) is 0 Å². The molecular weight excluding hydrogens is 364 g/mol. The largest absolute Gasteiger partial charge is 0.349 e. The number of carbonyl (C=O) groups is 2. The molecule has 4 rings (SSSR count). The normalized spacial score (nSPS) is 20.6. The summed E-state index contributed by atoms with van der Waals surface area (Å²) in [6, 6.07) is 6.76. The predicted octanol–water partition coefficient (Wildman–Crippen LogP) is 3.22. The van der Waals surface area contributed by atoms with Crippen LogP contribution in [0.5, 0.6) is 0 Å². The molecule has 2 saturated heterocycles. The average Bonchev–Trinajstić information content (AvgIpc) is 3.23. The topological polar surface area (TPSA) is 57.6 Å². The quantitative estimate of drug-likeness (QED) is 0.844. The molecule has 0 saturated carbocycles. The number of aryl methyl sites for hydroxylation is 2. The molecule has 0 bridgehead atoms. The number of hydrogen-bond donors (Lipinski definition) is 1. The van der Waals surface area contributed by atoms with E-state index in [1.165, 1.54) is 19.3 Å². The van der Waals surface area contributed by atoms with Crippen LogP contribution in [-0.4, -0.2) is 53.5 Å². The van der Waals surface area contributed by atoms with Gasteiger partial charge < -0.3 is 14.8 Å². The average molecular weight is 397 g/mol. The maximum atomic E-state index is 13.2. The Morgan fingerprint density at radius 1 is 1.21 bits per heavy atom. The van der Waals surface area contributed by atoms with Crippen molar-refractivity contribution in [2.75, 3.05) is 31.1 Å². The van der Waals surface area contributed by atoms with Gasteiger partial charge in [0.1, 0.15) is 5.69 Å². The van der Waals surface area contributed by atoms with Crippen molar-refractivity contribution in [2.45, 2.75) is 52.0 Å². The molecule has 156 valence electrons. The van der Waals surface area contributed by atoms with Crippen molar-refractivity contribution in [1.29, 1.82) is 0 Å². The van der Waals surface area contributed by atoms with Gasteiger partial charge in [-0.2, -0.15) is 0 Å². The molecule has 3 heterocycles. The molecule has 1 aromatic heterocycles. The predicted molar refractivity (Wildman–Crippen MR) is 116 cm³/mol. The molecule has 0 spiro atoms. The van der Waals surface area contributed by atoms with E-state index in [0.717, 1.165) is 41.7 Å². The molecule has 2 fully saturated rings. The number of rotatable bonds is 5. The van der Waals surface area contributed by atoms with E-state index >= 15 is 0 Å². The maximum absolute atomic E-state index is 13.2. The number of aromatic nitrogens is 1. The van der Waals surface area contributed by atoms with Crippen LogP contribution in [0.1, 0.15) is 55.1 Å². The van der Waals surface area contributed by atoms with Crippen molar-refractivity contribution in [3.63, 3.8) is 0 Å². The lowest BCUT2D eigenvalue weighted by Gasteiger charge is -2.33. The number of hydrogen-bond acceptors (Lipinski definition) is 3. The smallest absolute Gasteiger partial charge is 0.270 e. The summed E-state index contributed by atoms with van der Waals surface area (Å²) in [5, 5.41) is 4.11. The van der Waals surface area contributed by atoms with Gasteiger partial charge >= 0.3 is 0 Å². The van der Waals surface area contributed by atoms with E-state index in [4.69, 9.17) is 0 Å². The fourth-order valence-electron chi connectivity index (χ4n) is 4.84. The van der Waals surface area contributed by atoms with Gasteiger partial charge in [-0.1, -0.05) is 18.1 Å². The Hall–Kier alpha value is -2.34. The highest BCUT2D eigenvalue weighted by atomic mass is 16.2. The van der Waals surface area contributed by atoms with Crippen molar-refractivity contribution in [1.82, 2.24) is 14.8 Å². The number of fused-ring (bicyclic) bond motifs is 1. The molecule has 29 heavy (non-hydrogen) atoms. The first-order valence-electron chi connectivity index (χ1n) is 10.9. The summed E-state index contributed by atoms with van der Waals surface area (Å²) in [6.45, 7) is 7.59. The molecule has 1 N–H and O–H groups in total. The highest BCUT2D eigenvalue weighted by Gasteiger charge is 2.31. The second-order valence-electron chi connectivity index (χ2n) is 8.56. The molecule has 6 nitrogen and oxygen atoms in total. The lowest BCUT2D eigenvalue weighted by molar-refractivity contribution is -0.117. The van der Waals surface area contributed by atoms with Gasteiger partial charge in [-0.3, -0.25) is 14.5 Å². The maximum Gasteiger partial charge on any atom is 0.270 e. The highest BCUT2D eigenvalue weighted by molar-refractivity contribution is 6.14. The van der Waals surface area contributed by atoms with Crippen molar-refractivity contribution in [3.05, 3.63) is 29.5 Å². The first-order valence-corrected chi connectivity index (χ1v) is 10.9. The molecule has 1 unspecified atom stereocenters. The third-order valence-corrected chi connectivity index (χ3v) is 6.51. The van der Waals surface area contributed by atoms with Crippen LogP contribution in [0.15, 0.2) is 18.2 Å². The van der Waals surface area contributed by atoms with Crippen molar-refractivity contribution >= 4 is 28.4 Å². The van der Waals surface area contributed by atoms with Gasteiger partial charge in [0.25, 0.3) is 5.91 Å². The van der Waals surface area contributed by atoms with E-state index in [-0.39, 0.29) is 11.8 Å². The second kappa shape index (κ2) is 8.19. The SMILES string of the molecule is Cc1ccc2c(c1)c(N1CCCC1=O)c(C(=O)NCCN1CCCCC1C)n2C. The van der Waals surface area contributed by atoms with Crippen LogP contribution >= 0.6 is 0 Å². The number of carbonyl (C=O) groups excluding carboxylic acids is 2. The van der Waals surface area contributed by atoms with Gasteiger partial charge in [-0.15, -0.1) is 0 Å². The number of nitrogens with zero attached hydrogens (tertiary/aromatic N) is 3. The Morgan fingerprint density at radius 3 is 2.76 bits per heavy atom. The molecule has 2 amide bonds. The zero-order chi connectivity index (χ0) is 20.5. The van der Waals surface area contributed by atoms with Crippen molar-refractivity contribution in [3.8, 4) is 0 Å². The summed E-state index contributed by atoms with van der Waals surface area (Å²) in [5.74, 6) is 0.0101. The third-order valence-electron chi connectivity index (χ3n) is 6.51. The van der Waals surface area contributed by atoms with Crippen LogP contribution < -0.4 is 10.2 Å². The Bertz CT molecular complexity index is 933. The number of likely N-dealkylation sites (tertiary alicyclic amines) is 1. The Balaban J connectivity index is 1.61. The number of anilines is 1. The van der Waals surface area contributed by atoms with Gasteiger partial charge in [-0.05, 0) is 51.8 Å². The van der Waals surface area contributed by atoms with E-state index in [9.17, 15) is 9.59 Å². The molecule has 0 aliphatic carbocycles. The fraction of sp³-hybridized carbons (Fsp3) is 0.565. The standard InChI is InChI=1S/C23H32N4O2/c1-16-9-10-19-18(15-16)21(27-13-6-8-20(27)28)22(25(19)3)23(29)24-11-14-26-12-5-4-7-17(26)2/h9-10,15,17H,4-8,11-14H2,1-3H3,(H,24,29). The summed E-state index contributed by atoms with van der Waals surface area (Å²) in [6.07, 6.45) is 5.16. The van der Waals surface area contributed by atoms with Crippen LogP contribution in [0, 0.1) is 6.92 Å². The Kier molecular flexibility index (Phi) is 5.63. The monoisotopic (exact) mass is 396 g/mol.